The molecule has 5 atom stereocenters. The van der Waals surface area contributed by atoms with Crippen LogP contribution in [0.2, 0.25) is 0 Å². The van der Waals surface area contributed by atoms with E-state index >= 15 is 0 Å². The number of carbonyl (C=O) groups is 1. The van der Waals surface area contributed by atoms with E-state index in [1.165, 1.54) is 6.92 Å². The first-order valence-electron chi connectivity index (χ1n) is 8.01. The van der Waals surface area contributed by atoms with Gasteiger partial charge in [-0.05, 0) is 24.8 Å². The minimum Gasteiger partial charge on any atom is -0.459 e. The van der Waals surface area contributed by atoms with Crippen molar-refractivity contribution in [2.45, 2.75) is 57.5 Å². The van der Waals surface area contributed by atoms with Crippen molar-refractivity contribution in [1.82, 2.24) is 4.90 Å². The number of carbonyl (C=O) groups excluding carboxylic acids is 1. The van der Waals surface area contributed by atoms with E-state index in [4.69, 9.17) is 4.74 Å². The summed E-state index contributed by atoms with van der Waals surface area (Å²) in [6.45, 7) is 6.58. The Morgan fingerprint density at radius 1 is 1.55 bits per heavy atom. The molecule has 1 fully saturated rings. The van der Waals surface area contributed by atoms with Crippen molar-refractivity contribution in [1.29, 1.82) is 0 Å². The van der Waals surface area contributed by atoms with Gasteiger partial charge in [-0.25, -0.2) is 4.79 Å². The van der Waals surface area contributed by atoms with Crippen molar-refractivity contribution in [3.8, 4) is 0 Å². The van der Waals surface area contributed by atoms with Crippen molar-refractivity contribution in [2.75, 3.05) is 19.7 Å². The summed E-state index contributed by atoms with van der Waals surface area (Å²) in [5, 5.41) is 30.3. The molecule has 0 aromatic heterocycles. The molecule has 0 aromatic rings. The number of aliphatic hydroxyl groups is 3. The summed E-state index contributed by atoms with van der Waals surface area (Å²) in [7, 11) is 0. The van der Waals surface area contributed by atoms with Crippen LogP contribution < -0.4 is 0 Å². The molecule has 2 aliphatic rings. The van der Waals surface area contributed by atoms with Gasteiger partial charge in [-0.15, -0.1) is 0 Å². The number of rotatable bonds is 6. The van der Waals surface area contributed by atoms with E-state index < -0.39 is 29.7 Å². The van der Waals surface area contributed by atoms with E-state index in [-0.39, 0.29) is 12.6 Å². The Hall–Kier alpha value is -0.950. The Balaban J connectivity index is 2.00. The maximum absolute atomic E-state index is 12.3. The van der Waals surface area contributed by atoms with E-state index in [1.54, 1.807) is 6.92 Å². The van der Waals surface area contributed by atoms with E-state index in [9.17, 15) is 20.1 Å². The molecule has 2 heterocycles. The molecule has 2 aliphatic heterocycles. The number of nitrogens with zero attached hydrogens (tertiary/aromatic N) is 1. The molecule has 0 amide bonds. The van der Waals surface area contributed by atoms with Gasteiger partial charge in [0.25, 0.3) is 0 Å². The minimum atomic E-state index is -1.90. The van der Waals surface area contributed by atoms with Crippen LogP contribution >= 0.6 is 0 Å². The maximum Gasteiger partial charge on any atom is 0.341 e. The molecule has 0 radical (unpaired) electrons. The molecular formula is C16H27NO5. The standard InChI is InChI=1S/C16H27NO5/c1-4-10(2)16(21,11(3)18)15(20)22-9-12-5-7-17-8-6-13(19)14(12)17/h5,10-11,13-14,18-19,21H,4,6-9H2,1-3H3/t10-,11-,13+,14-,16-/m1/s1. The second kappa shape index (κ2) is 6.66. The van der Waals surface area contributed by atoms with Gasteiger partial charge in [0.15, 0.2) is 5.60 Å². The van der Waals surface area contributed by atoms with Gasteiger partial charge in [0, 0.05) is 13.1 Å². The molecule has 126 valence electrons. The Morgan fingerprint density at radius 2 is 2.23 bits per heavy atom. The summed E-state index contributed by atoms with van der Waals surface area (Å²) < 4.78 is 5.28. The zero-order valence-electron chi connectivity index (χ0n) is 13.5. The first kappa shape index (κ1) is 17.4. The molecule has 6 heteroatoms. The van der Waals surface area contributed by atoms with Crippen LogP contribution in [-0.4, -0.2) is 69.7 Å². The van der Waals surface area contributed by atoms with Gasteiger partial charge in [-0.1, -0.05) is 26.3 Å². The number of hydrogen-bond acceptors (Lipinski definition) is 6. The molecule has 0 bridgehead atoms. The van der Waals surface area contributed by atoms with Crippen LogP contribution in [-0.2, 0) is 9.53 Å². The number of aliphatic hydroxyl groups excluding tert-OH is 2. The molecule has 0 spiro atoms. The lowest BCUT2D eigenvalue weighted by molar-refractivity contribution is -0.185. The minimum absolute atomic E-state index is 0.0442. The molecule has 0 saturated carbocycles. The number of fused-ring (bicyclic) bond motifs is 1. The van der Waals surface area contributed by atoms with Crippen LogP contribution in [0.3, 0.4) is 0 Å². The van der Waals surface area contributed by atoms with Crippen LogP contribution in [0.5, 0.6) is 0 Å². The van der Waals surface area contributed by atoms with Crippen LogP contribution in [0, 0.1) is 5.92 Å². The van der Waals surface area contributed by atoms with Crippen molar-refractivity contribution in [3.63, 3.8) is 0 Å². The van der Waals surface area contributed by atoms with Crippen molar-refractivity contribution < 1.29 is 24.9 Å². The topological polar surface area (TPSA) is 90.2 Å². The van der Waals surface area contributed by atoms with Crippen molar-refractivity contribution >= 4 is 5.97 Å². The van der Waals surface area contributed by atoms with Gasteiger partial charge >= 0.3 is 5.97 Å². The summed E-state index contributed by atoms with van der Waals surface area (Å²) in [6.07, 6.45) is 1.60. The van der Waals surface area contributed by atoms with Gasteiger partial charge in [0.2, 0.25) is 0 Å². The zero-order valence-corrected chi connectivity index (χ0v) is 13.5. The van der Waals surface area contributed by atoms with Gasteiger partial charge in [-0.3, -0.25) is 4.90 Å². The number of hydrogen-bond donors (Lipinski definition) is 3. The highest BCUT2D eigenvalue weighted by atomic mass is 16.6. The first-order chi connectivity index (χ1) is 10.3. The average molecular weight is 313 g/mol. The molecule has 0 unspecified atom stereocenters. The van der Waals surface area contributed by atoms with E-state index in [1.807, 2.05) is 13.0 Å². The molecule has 1 saturated heterocycles. The van der Waals surface area contributed by atoms with Crippen LogP contribution in [0.15, 0.2) is 11.6 Å². The zero-order chi connectivity index (χ0) is 16.5. The average Bonchev–Trinajstić information content (AvgIpc) is 3.06. The van der Waals surface area contributed by atoms with Gasteiger partial charge in [0.05, 0.1) is 18.2 Å². The third-order valence-corrected chi connectivity index (χ3v) is 5.14. The predicted molar refractivity (Wildman–Crippen MR) is 81.1 cm³/mol. The SMILES string of the molecule is CC[C@@H](C)[C@](O)(C(=O)OCC1=CCN2CC[C@H](O)[C@@H]12)[C@@H](C)O. The van der Waals surface area contributed by atoms with Gasteiger partial charge < -0.3 is 20.1 Å². The normalized spacial score (nSPS) is 30.4. The van der Waals surface area contributed by atoms with E-state index in [2.05, 4.69) is 4.90 Å². The molecule has 3 N–H and O–H groups in total. The fraction of sp³-hybridized carbons (Fsp3) is 0.812. The number of ether oxygens (including phenoxy) is 1. The van der Waals surface area contributed by atoms with Gasteiger partial charge in [0.1, 0.15) is 6.61 Å². The number of esters is 1. The Bertz CT molecular complexity index is 450. The lowest BCUT2D eigenvalue weighted by Gasteiger charge is -2.34. The first-order valence-corrected chi connectivity index (χ1v) is 8.01. The van der Waals surface area contributed by atoms with E-state index in [0.29, 0.717) is 6.42 Å². The summed E-state index contributed by atoms with van der Waals surface area (Å²) in [5.74, 6) is -1.21. The van der Waals surface area contributed by atoms with Crippen molar-refractivity contribution in [3.05, 3.63) is 11.6 Å². The summed E-state index contributed by atoms with van der Waals surface area (Å²) in [5.41, 5.74) is -1.03. The predicted octanol–water partition coefficient (Wildman–Crippen LogP) is 0.0628. The highest BCUT2D eigenvalue weighted by molar-refractivity contribution is 5.80. The molecule has 6 nitrogen and oxygen atoms in total. The van der Waals surface area contributed by atoms with Gasteiger partial charge in [-0.2, -0.15) is 0 Å². The second-order valence-corrected chi connectivity index (χ2v) is 6.46. The van der Waals surface area contributed by atoms with E-state index in [0.717, 1.165) is 25.1 Å². The monoisotopic (exact) mass is 313 g/mol. The Kier molecular flexibility index (Phi) is 5.27. The smallest absolute Gasteiger partial charge is 0.341 e. The van der Waals surface area contributed by atoms with Crippen LogP contribution in [0.1, 0.15) is 33.6 Å². The van der Waals surface area contributed by atoms with Crippen LogP contribution in [0.4, 0.5) is 0 Å². The fourth-order valence-corrected chi connectivity index (χ4v) is 3.38. The Morgan fingerprint density at radius 3 is 2.82 bits per heavy atom. The third-order valence-electron chi connectivity index (χ3n) is 5.14. The quantitative estimate of drug-likeness (QED) is 0.475. The Labute approximate surface area is 131 Å². The lowest BCUT2D eigenvalue weighted by Crippen LogP contribution is -2.54. The highest BCUT2D eigenvalue weighted by Crippen LogP contribution is 2.30. The highest BCUT2D eigenvalue weighted by Gasteiger charge is 2.47. The van der Waals surface area contributed by atoms with Crippen molar-refractivity contribution in [2.24, 2.45) is 5.92 Å². The fourth-order valence-electron chi connectivity index (χ4n) is 3.38. The molecule has 0 aromatic carbocycles. The largest absolute Gasteiger partial charge is 0.459 e. The molecular weight excluding hydrogens is 286 g/mol. The molecule has 2 rings (SSSR count). The lowest BCUT2D eigenvalue weighted by atomic mass is 9.82. The maximum atomic E-state index is 12.3. The summed E-state index contributed by atoms with van der Waals surface area (Å²) in [4.78, 5) is 14.4. The summed E-state index contributed by atoms with van der Waals surface area (Å²) in [6, 6.07) is -0.0870. The second-order valence-electron chi connectivity index (χ2n) is 6.46. The molecule has 22 heavy (non-hydrogen) atoms. The van der Waals surface area contributed by atoms with Crippen LogP contribution in [0.25, 0.3) is 0 Å². The molecule has 0 aliphatic carbocycles. The third kappa shape index (κ3) is 2.93. The summed E-state index contributed by atoms with van der Waals surface area (Å²) >= 11 is 0.